The number of ether oxygens (including phenoxy) is 1. The van der Waals surface area contributed by atoms with Crippen LogP contribution in [0.25, 0.3) is 0 Å². The number of nitrogens with one attached hydrogen (secondary N) is 1. The fourth-order valence-corrected chi connectivity index (χ4v) is 2.52. The van der Waals surface area contributed by atoms with Crippen LogP contribution >= 0.6 is 15.9 Å². The lowest BCUT2D eigenvalue weighted by atomic mass is 9.98. The molecule has 0 bridgehead atoms. The average molecular weight is 362 g/mol. The van der Waals surface area contributed by atoms with E-state index in [2.05, 4.69) is 41.2 Å². The van der Waals surface area contributed by atoms with Gasteiger partial charge in [0.15, 0.2) is 6.61 Å². The van der Waals surface area contributed by atoms with Gasteiger partial charge < -0.3 is 10.1 Å². The number of para-hydroxylation sites is 2. The Morgan fingerprint density at radius 1 is 1.18 bits per heavy atom. The summed E-state index contributed by atoms with van der Waals surface area (Å²) in [5.74, 6) is 1.01. The normalized spacial score (nSPS) is 11.8. The number of anilines is 1. The molecule has 0 heterocycles. The smallest absolute Gasteiger partial charge is 0.262 e. The van der Waals surface area contributed by atoms with Crippen molar-refractivity contribution in [2.45, 2.75) is 26.2 Å². The summed E-state index contributed by atoms with van der Waals surface area (Å²) in [6.07, 6.45) is 1.03. The van der Waals surface area contributed by atoms with Crippen molar-refractivity contribution in [3.8, 4) is 5.75 Å². The first-order valence-corrected chi connectivity index (χ1v) is 8.17. The van der Waals surface area contributed by atoms with Crippen molar-refractivity contribution < 1.29 is 9.53 Å². The summed E-state index contributed by atoms with van der Waals surface area (Å²) < 4.78 is 6.56. The maximum atomic E-state index is 12.0. The molecule has 3 nitrogen and oxygen atoms in total. The van der Waals surface area contributed by atoms with Crippen molar-refractivity contribution in [2.24, 2.45) is 0 Å². The van der Waals surface area contributed by atoms with Crippen LogP contribution in [0.1, 0.15) is 31.7 Å². The van der Waals surface area contributed by atoms with Gasteiger partial charge in [0.25, 0.3) is 5.91 Å². The molecule has 22 heavy (non-hydrogen) atoms. The molecule has 0 fully saturated rings. The third kappa shape index (κ3) is 4.34. The van der Waals surface area contributed by atoms with Crippen molar-refractivity contribution in [3.05, 3.63) is 58.6 Å². The zero-order valence-corrected chi connectivity index (χ0v) is 14.4. The van der Waals surface area contributed by atoms with Crippen molar-refractivity contribution in [2.75, 3.05) is 11.9 Å². The van der Waals surface area contributed by atoms with Crippen LogP contribution in [0.2, 0.25) is 0 Å². The van der Waals surface area contributed by atoms with Gasteiger partial charge in [0.1, 0.15) is 5.75 Å². The highest BCUT2D eigenvalue weighted by Gasteiger charge is 2.11. The van der Waals surface area contributed by atoms with Crippen LogP contribution in [-0.4, -0.2) is 12.5 Å². The minimum absolute atomic E-state index is 0.00518. The summed E-state index contributed by atoms with van der Waals surface area (Å²) in [5.41, 5.74) is 1.88. The number of rotatable bonds is 6. The zero-order chi connectivity index (χ0) is 15.9. The Bertz CT molecular complexity index is 642. The highest BCUT2D eigenvalue weighted by molar-refractivity contribution is 9.10. The molecule has 2 rings (SSSR count). The number of hydrogen-bond donors (Lipinski definition) is 1. The van der Waals surface area contributed by atoms with E-state index in [4.69, 9.17) is 4.74 Å². The van der Waals surface area contributed by atoms with E-state index in [-0.39, 0.29) is 12.5 Å². The second kappa shape index (κ2) is 7.99. The fraction of sp³-hybridized carbons (Fsp3) is 0.278. The molecule has 0 spiro atoms. The van der Waals surface area contributed by atoms with Crippen LogP contribution in [0.3, 0.4) is 0 Å². The largest absolute Gasteiger partial charge is 0.483 e. The number of carbonyl (C=O) groups excluding carboxylic acids is 1. The van der Waals surface area contributed by atoms with E-state index in [0.717, 1.165) is 27.9 Å². The molecular formula is C18H20BrNO2. The summed E-state index contributed by atoms with van der Waals surface area (Å²) in [5, 5.41) is 2.83. The SMILES string of the molecule is CC[C@@H](C)c1ccccc1OCC(=O)Nc1ccccc1Br. The van der Waals surface area contributed by atoms with Crippen LogP contribution in [0, 0.1) is 0 Å². The minimum Gasteiger partial charge on any atom is -0.483 e. The Hall–Kier alpha value is -1.81. The van der Waals surface area contributed by atoms with Gasteiger partial charge in [0, 0.05) is 4.47 Å². The fourth-order valence-electron chi connectivity index (χ4n) is 2.13. The van der Waals surface area contributed by atoms with Gasteiger partial charge in [-0.2, -0.15) is 0 Å². The number of carbonyl (C=O) groups is 1. The molecule has 1 amide bonds. The van der Waals surface area contributed by atoms with Gasteiger partial charge in [-0.15, -0.1) is 0 Å². The summed E-state index contributed by atoms with van der Waals surface area (Å²) in [6, 6.07) is 15.4. The third-order valence-corrected chi connectivity index (χ3v) is 4.26. The van der Waals surface area contributed by atoms with Crippen LogP contribution in [-0.2, 0) is 4.79 Å². The predicted octanol–water partition coefficient (Wildman–Crippen LogP) is 4.98. The average Bonchev–Trinajstić information content (AvgIpc) is 2.54. The molecule has 116 valence electrons. The van der Waals surface area contributed by atoms with Crippen molar-refractivity contribution in [1.29, 1.82) is 0 Å². The van der Waals surface area contributed by atoms with Gasteiger partial charge in [-0.05, 0) is 52.0 Å². The van der Waals surface area contributed by atoms with Gasteiger partial charge in [0.2, 0.25) is 0 Å². The predicted molar refractivity (Wildman–Crippen MR) is 93.4 cm³/mol. The first-order valence-electron chi connectivity index (χ1n) is 7.38. The van der Waals surface area contributed by atoms with Gasteiger partial charge >= 0.3 is 0 Å². The Kier molecular flexibility index (Phi) is 6.01. The molecular weight excluding hydrogens is 342 g/mol. The van der Waals surface area contributed by atoms with Gasteiger partial charge in [-0.1, -0.05) is 44.2 Å². The Morgan fingerprint density at radius 2 is 1.86 bits per heavy atom. The van der Waals surface area contributed by atoms with Gasteiger partial charge in [0.05, 0.1) is 5.69 Å². The molecule has 1 N–H and O–H groups in total. The number of amides is 1. The lowest BCUT2D eigenvalue weighted by molar-refractivity contribution is -0.118. The van der Waals surface area contributed by atoms with E-state index < -0.39 is 0 Å². The molecule has 0 aliphatic heterocycles. The van der Waals surface area contributed by atoms with E-state index in [1.165, 1.54) is 0 Å². The molecule has 0 saturated carbocycles. The minimum atomic E-state index is -0.175. The first kappa shape index (κ1) is 16.6. The van der Waals surface area contributed by atoms with Crippen molar-refractivity contribution in [3.63, 3.8) is 0 Å². The molecule has 2 aromatic carbocycles. The standard InChI is InChI=1S/C18H20BrNO2/c1-3-13(2)14-8-4-7-11-17(14)22-12-18(21)20-16-10-6-5-9-15(16)19/h4-11,13H,3,12H2,1-2H3,(H,20,21)/t13-/m1/s1. The Balaban J connectivity index is 1.99. The highest BCUT2D eigenvalue weighted by atomic mass is 79.9. The van der Waals surface area contributed by atoms with E-state index in [0.29, 0.717) is 5.92 Å². The zero-order valence-electron chi connectivity index (χ0n) is 12.8. The maximum Gasteiger partial charge on any atom is 0.262 e. The summed E-state index contributed by atoms with van der Waals surface area (Å²) in [6.45, 7) is 4.29. The molecule has 2 aromatic rings. The summed E-state index contributed by atoms with van der Waals surface area (Å²) >= 11 is 3.41. The highest BCUT2D eigenvalue weighted by Crippen LogP contribution is 2.28. The molecule has 0 unspecified atom stereocenters. The lowest BCUT2D eigenvalue weighted by Gasteiger charge is -2.15. The topological polar surface area (TPSA) is 38.3 Å². The monoisotopic (exact) mass is 361 g/mol. The summed E-state index contributed by atoms with van der Waals surface area (Å²) in [4.78, 5) is 12.0. The Labute approximate surface area is 139 Å². The molecule has 1 atom stereocenters. The lowest BCUT2D eigenvalue weighted by Crippen LogP contribution is -2.20. The van der Waals surface area contributed by atoms with Crippen molar-refractivity contribution in [1.82, 2.24) is 0 Å². The molecule has 0 saturated heterocycles. The van der Waals surface area contributed by atoms with E-state index in [1.54, 1.807) is 0 Å². The molecule has 0 aromatic heterocycles. The molecule has 0 aliphatic carbocycles. The van der Waals surface area contributed by atoms with Gasteiger partial charge in [-0.25, -0.2) is 0 Å². The Morgan fingerprint density at radius 3 is 2.59 bits per heavy atom. The van der Waals surface area contributed by atoms with E-state index in [1.807, 2.05) is 42.5 Å². The van der Waals surface area contributed by atoms with Crippen molar-refractivity contribution >= 4 is 27.5 Å². The van der Waals surface area contributed by atoms with Crippen LogP contribution < -0.4 is 10.1 Å². The van der Waals surface area contributed by atoms with Crippen LogP contribution in [0.5, 0.6) is 5.75 Å². The maximum absolute atomic E-state index is 12.0. The van der Waals surface area contributed by atoms with E-state index in [9.17, 15) is 4.79 Å². The number of halogens is 1. The van der Waals surface area contributed by atoms with Gasteiger partial charge in [-0.3, -0.25) is 4.79 Å². The van der Waals surface area contributed by atoms with Crippen LogP contribution in [0.4, 0.5) is 5.69 Å². The van der Waals surface area contributed by atoms with Crippen LogP contribution in [0.15, 0.2) is 53.0 Å². The third-order valence-electron chi connectivity index (χ3n) is 3.57. The molecule has 0 radical (unpaired) electrons. The first-order chi connectivity index (χ1) is 10.6. The summed E-state index contributed by atoms with van der Waals surface area (Å²) in [7, 11) is 0. The second-order valence-corrected chi connectivity index (χ2v) is 6.02. The molecule has 0 aliphatic rings. The number of benzene rings is 2. The second-order valence-electron chi connectivity index (χ2n) is 5.16. The number of hydrogen-bond acceptors (Lipinski definition) is 2. The van der Waals surface area contributed by atoms with E-state index >= 15 is 0 Å². The quantitative estimate of drug-likeness (QED) is 0.787. The molecule has 4 heteroatoms.